The zero-order chi connectivity index (χ0) is 9.52. The second-order valence-corrected chi connectivity index (χ2v) is 4.91. The lowest BCUT2D eigenvalue weighted by Gasteiger charge is -2.15. The van der Waals surface area contributed by atoms with Crippen LogP contribution in [-0.4, -0.2) is 17.6 Å². The molecule has 0 fully saturated rings. The van der Waals surface area contributed by atoms with E-state index < -0.39 is 0 Å². The summed E-state index contributed by atoms with van der Waals surface area (Å²) in [5.74, 6) is 0. The SMILES string of the molecule is Bc1c(Br)c(C(C)(C)C)nn1C. The van der Waals surface area contributed by atoms with Crippen LogP contribution >= 0.6 is 15.9 Å². The first-order valence-corrected chi connectivity index (χ1v) is 4.83. The van der Waals surface area contributed by atoms with Crippen LogP contribution < -0.4 is 5.59 Å². The van der Waals surface area contributed by atoms with Crippen molar-refractivity contribution in [1.29, 1.82) is 0 Å². The third kappa shape index (κ3) is 1.58. The molecule has 0 unspecified atom stereocenters. The van der Waals surface area contributed by atoms with E-state index in [9.17, 15) is 0 Å². The Kier molecular flexibility index (Phi) is 2.39. The number of hydrogen-bond donors (Lipinski definition) is 0. The van der Waals surface area contributed by atoms with Gasteiger partial charge in [0.15, 0.2) is 7.85 Å². The molecule has 0 aromatic carbocycles. The number of halogens is 1. The lowest BCUT2D eigenvalue weighted by atomic mass is 9.90. The maximum absolute atomic E-state index is 4.45. The smallest absolute Gasteiger partial charge is 0.165 e. The van der Waals surface area contributed by atoms with E-state index in [-0.39, 0.29) is 5.41 Å². The van der Waals surface area contributed by atoms with Gasteiger partial charge in [-0.05, 0) is 15.9 Å². The summed E-state index contributed by atoms with van der Waals surface area (Å²) in [7, 11) is 4.03. The fourth-order valence-corrected chi connectivity index (χ4v) is 1.99. The second-order valence-electron chi connectivity index (χ2n) is 4.12. The Bertz CT molecular complexity index is 299. The summed E-state index contributed by atoms with van der Waals surface area (Å²) in [6.45, 7) is 6.50. The van der Waals surface area contributed by atoms with Crippen molar-refractivity contribution < 1.29 is 0 Å². The van der Waals surface area contributed by atoms with Crippen LogP contribution in [0.2, 0.25) is 0 Å². The van der Waals surface area contributed by atoms with Crippen LogP contribution in [0.25, 0.3) is 0 Å². The summed E-state index contributed by atoms with van der Waals surface area (Å²) in [5.41, 5.74) is 2.42. The monoisotopic (exact) mass is 228 g/mol. The standard InChI is InChI=1S/C8H14BBrN2/c1-8(2,3)6-5(10)7(9)12(4)11-6/h9H2,1-4H3. The molecule has 0 radical (unpaired) electrons. The summed E-state index contributed by atoms with van der Waals surface area (Å²) in [5, 5.41) is 4.45. The van der Waals surface area contributed by atoms with Crippen molar-refractivity contribution in [2.24, 2.45) is 7.05 Å². The van der Waals surface area contributed by atoms with Crippen molar-refractivity contribution >= 4 is 29.4 Å². The molecular weight excluding hydrogens is 215 g/mol. The average Bonchev–Trinajstić information content (AvgIpc) is 2.15. The van der Waals surface area contributed by atoms with Gasteiger partial charge in [0.25, 0.3) is 0 Å². The highest BCUT2D eigenvalue weighted by Gasteiger charge is 2.22. The van der Waals surface area contributed by atoms with Crippen molar-refractivity contribution in [2.75, 3.05) is 0 Å². The molecule has 2 nitrogen and oxygen atoms in total. The number of aryl methyl sites for hydroxylation is 1. The van der Waals surface area contributed by atoms with Gasteiger partial charge in [-0.25, -0.2) is 0 Å². The molecule has 12 heavy (non-hydrogen) atoms. The fourth-order valence-electron chi connectivity index (χ4n) is 1.06. The molecule has 0 bridgehead atoms. The van der Waals surface area contributed by atoms with Crippen molar-refractivity contribution in [3.63, 3.8) is 0 Å². The Labute approximate surface area is 82.9 Å². The normalized spacial score (nSPS) is 12.1. The maximum Gasteiger partial charge on any atom is 0.165 e. The molecule has 1 rings (SSSR count). The molecule has 1 aromatic heterocycles. The molecule has 0 atom stereocenters. The largest absolute Gasteiger partial charge is 0.281 e. The van der Waals surface area contributed by atoms with Crippen molar-refractivity contribution in [3.05, 3.63) is 10.2 Å². The average molecular weight is 229 g/mol. The Morgan fingerprint density at radius 3 is 2.08 bits per heavy atom. The van der Waals surface area contributed by atoms with Gasteiger partial charge >= 0.3 is 0 Å². The molecule has 0 spiro atoms. The van der Waals surface area contributed by atoms with E-state index in [0.29, 0.717) is 0 Å². The molecule has 0 aliphatic rings. The molecule has 66 valence electrons. The summed E-state index contributed by atoms with van der Waals surface area (Å²) >= 11 is 3.55. The maximum atomic E-state index is 4.45. The molecule has 0 aliphatic heterocycles. The van der Waals surface area contributed by atoms with Gasteiger partial charge in [0, 0.05) is 18.1 Å². The van der Waals surface area contributed by atoms with Crippen LogP contribution in [0.15, 0.2) is 4.47 Å². The quantitative estimate of drug-likeness (QED) is 0.600. The predicted molar refractivity (Wildman–Crippen MR) is 57.8 cm³/mol. The second kappa shape index (κ2) is 2.91. The van der Waals surface area contributed by atoms with Gasteiger partial charge in [-0.2, -0.15) is 5.10 Å². The van der Waals surface area contributed by atoms with Gasteiger partial charge in [0.1, 0.15) is 0 Å². The van der Waals surface area contributed by atoms with E-state index in [1.54, 1.807) is 0 Å². The van der Waals surface area contributed by atoms with Crippen LogP contribution in [0.3, 0.4) is 0 Å². The van der Waals surface area contributed by atoms with E-state index in [4.69, 9.17) is 0 Å². The molecule has 1 heterocycles. The van der Waals surface area contributed by atoms with Crippen LogP contribution in [0.1, 0.15) is 26.5 Å². The number of hydrogen-bond acceptors (Lipinski definition) is 1. The zero-order valence-corrected chi connectivity index (χ0v) is 9.86. The van der Waals surface area contributed by atoms with E-state index in [0.717, 1.165) is 10.2 Å². The van der Waals surface area contributed by atoms with Gasteiger partial charge in [-0.1, -0.05) is 20.8 Å². The molecular formula is C8H14BBrN2. The zero-order valence-electron chi connectivity index (χ0n) is 8.27. The van der Waals surface area contributed by atoms with Crippen LogP contribution in [0, 0.1) is 0 Å². The summed E-state index contributed by atoms with van der Waals surface area (Å²) < 4.78 is 3.04. The highest BCUT2D eigenvalue weighted by molar-refractivity contribution is 9.10. The molecule has 0 aliphatic carbocycles. The van der Waals surface area contributed by atoms with E-state index in [1.807, 2.05) is 11.7 Å². The van der Waals surface area contributed by atoms with E-state index >= 15 is 0 Å². The van der Waals surface area contributed by atoms with Gasteiger partial charge < -0.3 is 0 Å². The Morgan fingerprint density at radius 1 is 1.42 bits per heavy atom. The number of rotatable bonds is 0. The number of aromatic nitrogens is 2. The highest BCUT2D eigenvalue weighted by atomic mass is 79.9. The molecule has 1 aromatic rings. The topological polar surface area (TPSA) is 17.8 Å². The van der Waals surface area contributed by atoms with Gasteiger partial charge in [-0.3, -0.25) is 4.68 Å². The Morgan fingerprint density at radius 2 is 1.92 bits per heavy atom. The lowest BCUT2D eigenvalue weighted by molar-refractivity contribution is 0.551. The first-order chi connectivity index (χ1) is 5.34. The van der Waals surface area contributed by atoms with Gasteiger partial charge in [0.05, 0.1) is 10.2 Å². The fraction of sp³-hybridized carbons (Fsp3) is 0.625. The lowest BCUT2D eigenvalue weighted by Crippen LogP contribution is -2.14. The molecule has 4 heteroatoms. The Hall–Kier alpha value is -0.245. The predicted octanol–water partition coefficient (Wildman–Crippen LogP) is 0.738. The summed E-state index contributed by atoms with van der Waals surface area (Å²) in [6, 6.07) is 0. The minimum atomic E-state index is 0.116. The first-order valence-electron chi connectivity index (χ1n) is 4.03. The first kappa shape index (κ1) is 9.84. The van der Waals surface area contributed by atoms with Crippen LogP contribution in [0.4, 0.5) is 0 Å². The summed E-state index contributed by atoms with van der Waals surface area (Å²) in [6.07, 6.45) is 0. The van der Waals surface area contributed by atoms with Crippen LogP contribution in [0.5, 0.6) is 0 Å². The summed E-state index contributed by atoms with van der Waals surface area (Å²) in [4.78, 5) is 0. The van der Waals surface area contributed by atoms with Gasteiger partial charge in [0.2, 0.25) is 0 Å². The molecule has 0 N–H and O–H groups in total. The Balaban J connectivity index is 3.28. The van der Waals surface area contributed by atoms with Gasteiger partial charge in [-0.15, -0.1) is 0 Å². The van der Waals surface area contributed by atoms with E-state index in [1.165, 1.54) is 5.59 Å². The van der Waals surface area contributed by atoms with Crippen molar-refractivity contribution in [1.82, 2.24) is 9.78 Å². The third-order valence-corrected chi connectivity index (χ3v) is 2.92. The molecule has 0 saturated heterocycles. The minimum absolute atomic E-state index is 0.116. The third-order valence-electron chi connectivity index (χ3n) is 1.97. The molecule has 0 saturated carbocycles. The number of nitrogens with zero attached hydrogens (tertiary/aromatic N) is 2. The van der Waals surface area contributed by atoms with Crippen molar-refractivity contribution in [3.8, 4) is 0 Å². The highest BCUT2D eigenvalue weighted by Crippen LogP contribution is 2.26. The molecule has 0 amide bonds. The van der Waals surface area contributed by atoms with E-state index in [2.05, 4.69) is 49.6 Å². The van der Waals surface area contributed by atoms with Crippen molar-refractivity contribution in [2.45, 2.75) is 26.2 Å². The van der Waals surface area contributed by atoms with Crippen LogP contribution in [-0.2, 0) is 12.5 Å². The minimum Gasteiger partial charge on any atom is -0.281 e.